The molecule has 5 heteroatoms. The van der Waals surface area contributed by atoms with E-state index in [1.165, 1.54) is 54.7 Å². The second kappa shape index (κ2) is 6.13. The number of nitrogens with zero attached hydrogens (tertiary/aromatic N) is 1. The number of thiophene rings is 1. The summed E-state index contributed by atoms with van der Waals surface area (Å²) in [6, 6.07) is 2.11. The first-order chi connectivity index (χ1) is 10.8. The van der Waals surface area contributed by atoms with Gasteiger partial charge in [-0.05, 0) is 61.5 Å². The molecule has 2 aliphatic rings. The van der Waals surface area contributed by atoms with Crippen LogP contribution in [0.5, 0.6) is 0 Å². The van der Waals surface area contributed by atoms with Crippen molar-refractivity contribution in [2.24, 2.45) is 0 Å². The Balaban J connectivity index is 1.51. The molecule has 1 saturated carbocycles. The number of carbonyl (C=O) groups is 1. The third-order valence-corrected chi connectivity index (χ3v) is 6.49. The van der Waals surface area contributed by atoms with Crippen LogP contribution in [0, 0.1) is 0 Å². The summed E-state index contributed by atoms with van der Waals surface area (Å²) in [5, 5.41) is 5.86. The highest BCUT2D eigenvalue weighted by atomic mass is 32.1. The number of anilines is 1. The van der Waals surface area contributed by atoms with Gasteiger partial charge in [0.15, 0.2) is 5.13 Å². The van der Waals surface area contributed by atoms with Crippen LogP contribution in [0.4, 0.5) is 5.13 Å². The Morgan fingerprint density at radius 3 is 2.82 bits per heavy atom. The second-order valence-electron chi connectivity index (χ2n) is 6.24. The molecule has 0 bridgehead atoms. The van der Waals surface area contributed by atoms with Gasteiger partial charge in [0.05, 0.1) is 10.6 Å². The normalized spacial score (nSPS) is 18.4. The quantitative estimate of drug-likeness (QED) is 0.860. The van der Waals surface area contributed by atoms with Gasteiger partial charge in [-0.1, -0.05) is 12.8 Å². The summed E-state index contributed by atoms with van der Waals surface area (Å²) in [6.07, 6.45) is 9.73. The minimum absolute atomic E-state index is 0.0265. The van der Waals surface area contributed by atoms with Gasteiger partial charge in [-0.25, -0.2) is 4.98 Å². The molecule has 0 spiro atoms. The number of aryl methyl sites for hydroxylation is 2. The van der Waals surface area contributed by atoms with Crippen molar-refractivity contribution >= 4 is 33.7 Å². The zero-order valence-electron chi connectivity index (χ0n) is 12.6. The molecule has 1 N–H and O–H groups in total. The zero-order chi connectivity index (χ0) is 14.9. The highest BCUT2D eigenvalue weighted by Gasteiger charge is 2.29. The average Bonchev–Trinajstić information content (AvgIpc) is 3.10. The van der Waals surface area contributed by atoms with Gasteiger partial charge >= 0.3 is 0 Å². The molecule has 1 fully saturated rings. The predicted molar refractivity (Wildman–Crippen MR) is 92.2 cm³/mol. The number of aromatic nitrogens is 1. The smallest absolute Gasteiger partial charge is 0.267 e. The number of nitrogens with one attached hydrogen (secondary N) is 1. The molecule has 2 aromatic heterocycles. The largest absolute Gasteiger partial charge is 0.297 e. The lowest BCUT2D eigenvalue weighted by Gasteiger charge is -2.06. The summed E-state index contributed by atoms with van der Waals surface area (Å²) in [5.41, 5.74) is 2.45. The van der Waals surface area contributed by atoms with Gasteiger partial charge < -0.3 is 0 Å². The fraction of sp³-hybridized carbons (Fsp3) is 0.529. The van der Waals surface area contributed by atoms with Crippen LogP contribution in [0.15, 0.2) is 11.4 Å². The van der Waals surface area contributed by atoms with E-state index in [0.717, 1.165) is 22.9 Å². The van der Waals surface area contributed by atoms with Crippen molar-refractivity contribution in [2.45, 2.75) is 57.3 Å². The van der Waals surface area contributed by atoms with Crippen LogP contribution in [0.1, 0.15) is 70.2 Å². The molecule has 3 nitrogen and oxygen atoms in total. The summed E-state index contributed by atoms with van der Waals surface area (Å²) in [5.74, 6) is 0.641. The second-order valence-corrected chi connectivity index (χ2v) is 8.24. The van der Waals surface area contributed by atoms with E-state index >= 15 is 0 Å². The number of thiazole rings is 1. The van der Waals surface area contributed by atoms with E-state index < -0.39 is 0 Å². The molecule has 22 heavy (non-hydrogen) atoms. The van der Waals surface area contributed by atoms with Crippen LogP contribution in [0.3, 0.4) is 0 Å². The number of hydrogen-bond donors (Lipinski definition) is 1. The molecule has 2 aromatic rings. The van der Waals surface area contributed by atoms with Crippen LogP contribution in [-0.4, -0.2) is 10.9 Å². The third-order valence-electron chi connectivity index (χ3n) is 4.49. The summed E-state index contributed by atoms with van der Waals surface area (Å²) < 4.78 is 0. The molecule has 1 amide bonds. The van der Waals surface area contributed by atoms with Crippen LogP contribution >= 0.6 is 22.7 Å². The molecule has 0 aromatic carbocycles. The van der Waals surface area contributed by atoms with Crippen LogP contribution in [-0.2, 0) is 12.8 Å². The average molecular weight is 332 g/mol. The maximum Gasteiger partial charge on any atom is 0.267 e. The molecular formula is C17H20N2OS2. The molecule has 0 aliphatic heterocycles. The van der Waals surface area contributed by atoms with Crippen molar-refractivity contribution in [3.8, 4) is 0 Å². The number of hydrogen-bond acceptors (Lipinski definition) is 4. The Morgan fingerprint density at radius 2 is 2.00 bits per heavy atom. The topological polar surface area (TPSA) is 42.0 Å². The molecule has 2 heterocycles. The lowest BCUT2D eigenvalue weighted by Crippen LogP contribution is -2.11. The van der Waals surface area contributed by atoms with E-state index in [4.69, 9.17) is 0 Å². The Kier molecular flexibility index (Phi) is 4.01. The minimum atomic E-state index is 0.0265. The third kappa shape index (κ3) is 2.97. The maximum atomic E-state index is 12.5. The van der Waals surface area contributed by atoms with E-state index in [2.05, 4.69) is 16.4 Å². The fourth-order valence-corrected chi connectivity index (χ4v) is 5.06. The number of carbonyl (C=O) groups excluding carboxylic acids is 1. The maximum absolute atomic E-state index is 12.5. The fourth-order valence-electron chi connectivity index (χ4n) is 3.13. The zero-order valence-corrected chi connectivity index (χ0v) is 14.2. The van der Waals surface area contributed by atoms with Crippen molar-refractivity contribution < 1.29 is 4.79 Å². The van der Waals surface area contributed by atoms with Crippen molar-refractivity contribution in [1.29, 1.82) is 0 Å². The highest BCUT2D eigenvalue weighted by Crippen LogP contribution is 2.43. The first kappa shape index (κ1) is 14.4. The van der Waals surface area contributed by atoms with Gasteiger partial charge in [0, 0.05) is 4.88 Å². The van der Waals surface area contributed by atoms with Gasteiger partial charge in [-0.3, -0.25) is 10.1 Å². The van der Waals surface area contributed by atoms with Crippen LogP contribution in [0.25, 0.3) is 0 Å². The Morgan fingerprint density at radius 1 is 1.18 bits per heavy atom. The van der Waals surface area contributed by atoms with Gasteiger partial charge in [-0.15, -0.1) is 22.7 Å². The van der Waals surface area contributed by atoms with Gasteiger partial charge in [0.2, 0.25) is 0 Å². The van der Waals surface area contributed by atoms with E-state index in [0.29, 0.717) is 5.92 Å². The molecule has 0 unspecified atom stereocenters. The Hall–Kier alpha value is -1.20. The minimum Gasteiger partial charge on any atom is -0.297 e. The number of rotatable bonds is 3. The van der Waals surface area contributed by atoms with Crippen LogP contribution < -0.4 is 5.32 Å². The molecule has 2 aliphatic carbocycles. The molecule has 0 atom stereocenters. The molecule has 4 rings (SSSR count). The van der Waals surface area contributed by atoms with Gasteiger partial charge in [0.1, 0.15) is 0 Å². The van der Waals surface area contributed by atoms with Crippen molar-refractivity contribution in [2.75, 3.05) is 5.32 Å². The summed E-state index contributed by atoms with van der Waals surface area (Å²) in [4.78, 5) is 19.5. The van der Waals surface area contributed by atoms with Gasteiger partial charge in [-0.2, -0.15) is 0 Å². The SMILES string of the molecule is O=C(Nc1nc2c(s1)CCCCCC2)c1sccc1C1CC1. The van der Waals surface area contributed by atoms with E-state index in [9.17, 15) is 4.79 Å². The monoisotopic (exact) mass is 332 g/mol. The predicted octanol–water partition coefficient (Wildman–Crippen LogP) is 4.99. The standard InChI is InChI=1S/C17H20N2OS2/c20-16(15-12(9-10-21-15)11-7-8-11)19-17-18-13-5-3-1-2-4-6-14(13)22-17/h9-11H,1-8H2,(H,18,19,20). The van der Waals surface area contributed by atoms with E-state index in [1.807, 2.05) is 5.38 Å². The summed E-state index contributed by atoms with van der Waals surface area (Å²) in [6.45, 7) is 0. The Labute approximate surface area is 138 Å². The molecule has 0 saturated heterocycles. The van der Waals surface area contributed by atoms with Crippen LogP contribution in [0.2, 0.25) is 0 Å². The highest BCUT2D eigenvalue weighted by molar-refractivity contribution is 7.16. The Bertz CT molecular complexity index is 659. The number of amides is 1. The lowest BCUT2D eigenvalue weighted by molar-refractivity contribution is 0.102. The number of fused-ring (bicyclic) bond motifs is 1. The van der Waals surface area contributed by atoms with Crippen molar-refractivity contribution in [1.82, 2.24) is 4.98 Å². The summed E-state index contributed by atoms with van der Waals surface area (Å²) >= 11 is 3.23. The molecule has 116 valence electrons. The van der Waals surface area contributed by atoms with Crippen molar-refractivity contribution in [3.63, 3.8) is 0 Å². The molecular weight excluding hydrogens is 312 g/mol. The van der Waals surface area contributed by atoms with Crippen molar-refractivity contribution in [3.05, 3.63) is 32.5 Å². The van der Waals surface area contributed by atoms with E-state index in [-0.39, 0.29) is 5.91 Å². The van der Waals surface area contributed by atoms with Gasteiger partial charge in [0.25, 0.3) is 5.91 Å². The first-order valence-electron chi connectivity index (χ1n) is 8.18. The summed E-state index contributed by atoms with van der Waals surface area (Å²) in [7, 11) is 0. The van der Waals surface area contributed by atoms with E-state index in [1.54, 1.807) is 22.7 Å². The first-order valence-corrected chi connectivity index (χ1v) is 9.88. The molecule has 0 radical (unpaired) electrons. The lowest BCUT2D eigenvalue weighted by atomic mass is 10.0.